The number of nitriles is 1. The van der Waals surface area contributed by atoms with Gasteiger partial charge in [0.25, 0.3) is 0 Å². The molecule has 0 aliphatic rings. The Morgan fingerprint density at radius 2 is 2.20 bits per heavy atom. The van der Waals surface area contributed by atoms with E-state index in [2.05, 4.69) is 25.6 Å². The second kappa shape index (κ2) is 5.79. The molecule has 0 amide bonds. The third kappa shape index (κ3) is 3.08. The molecule has 20 heavy (non-hydrogen) atoms. The molecular weight excluding hydrogens is 261 g/mol. The maximum absolute atomic E-state index is 13.4. The maximum Gasteiger partial charge on any atom is 0.184 e. The minimum absolute atomic E-state index is 0.0107. The highest BCUT2D eigenvalue weighted by Gasteiger charge is 2.08. The number of hydrogen-bond acceptors (Lipinski definition) is 7. The number of anilines is 4. The van der Waals surface area contributed by atoms with Gasteiger partial charge in [-0.3, -0.25) is 0 Å². The summed E-state index contributed by atoms with van der Waals surface area (Å²) in [4.78, 5) is 11.3. The first-order valence-electron chi connectivity index (χ1n) is 5.74. The first-order chi connectivity index (χ1) is 9.60. The summed E-state index contributed by atoms with van der Waals surface area (Å²) in [6.07, 6.45) is 3.68. The highest BCUT2D eigenvalue weighted by atomic mass is 19.1. The van der Waals surface area contributed by atoms with Crippen LogP contribution in [-0.4, -0.2) is 21.0 Å². The predicted octanol–water partition coefficient (Wildman–Crippen LogP) is 1.66. The van der Waals surface area contributed by atoms with Gasteiger partial charge in [0, 0.05) is 6.07 Å². The van der Waals surface area contributed by atoms with Crippen molar-refractivity contribution in [2.24, 2.45) is 0 Å². The van der Waals surface area contributed by atoms with Crippen LogP contribution in [0.15, 0.2) is 24.8 Å². The third-order valence-electron chi connectivity index (χ3n) is 2.41. The summed E-state index contributed by atoms with van der Waals surface area (Å²) >= 11 is 0. The fraction of sp³-hybridized carbons (Fsp3) is 0.167. The van der Waals surface area contributed by atoms with Crippen molar-refractivity contribution in [2.45, 2.75) is 13.0 Å². The molecule has 0 unspecified atom stereocenters. The van der Waals surface area contributed by atoms with Crippen molar-refractivity contribution >= 4 is 23.0 Å². The zero-order valence-electron chi connectivity index (χ0n) is 10.6. The molecule has 7 nitrogen and oxygen atoms in total. The zero-order valence-corrected chi connectivity index (χ0v) is 10.6. The van der Waals surface area contributed by atoms with Crippen LogP contribution >= 0.6 is 0 Å². The minimum Gasteiger partial charge on any atom is -0.396 e. The SMILES string of the molecule is C[C@H](C#N)Nc1cc(Nc2ncncc2F)ncc1N. The van der Waals surface area contributed by atoms with Crippen molar-refractivity contribution in [3.05, 3.63) is 30.6 Å². The van der Waals surface area contributed by atoms with E-state index < -0.39 is 11.9 Å². The lowest BCUT2D eigenvalue weighted by Crippen LogP contribution is -2.14. The lowest BCUT2D eigenvalue weighted by molar-refractivity contribution is 0.618. The summed E-state index contributed by atoms with van der Waals surface area (Å²) in [6.45, 7) is 1.69. The number of nitrogens with one attached hydrogen (secondary N) is 2. The maximum atomic E-state index is 13.4. The van der Waals surface area contributed by atoms with Gasteiger partial charge in [-0.25, -0.2) is 19.3 Å². The van der Waals surface area contributed by atoms with Crippen LogP contribution in [0.25, 0.3) is 0 Å². The highest BCUT2D eigenvalue weighted by Crippen LogP contribution is 2.23. The van der Waals surface area contributed by atoms with E-state index in [1.807, 2.05) is 6.07 Å². The van der Waals surface area contributed by atoms with Crippen LogP contribution in [0.4, 0.5) is 27.4 Å². The van der Waals surface area contributed by atoms with Gasteiger partial charge in [-0.15, -0.1) is 0 Å². The fourth-order valence-corrected chi connectivity index (χ4v) is 1.45. The van der Waals surface area contributed by atoms with Gasteiger partial charge in [-0.1, -0.05) is 0 Å². The van der Waals surface area contributed by atoms with E-state index in [0.717, 1.165) is 6.20 Å². The molecule has 102 valence electrons. The van der Waals surface area contributed by atoms with E-state index in [0.29, 0.717) is 17.2 Å². The molecule has 0 fully saturated rings. The zero-order chi connectivity index (χ0) is 14.5. The molecule has 0 saturated carbocycles. The number of nitrogens with zero attached hydrogens (tertiary/aromatic N) is 4. The molecule has 0 aliphatic heterocycles. The van der Waals surface area contributed by atoms with E-state index in [1.54, 1.807) is 13.0 Å². The molecule has 4 N–H and O–H groups in total. The van der Waals surface area contributed by atoms with Crippen molar-refractivity contribution in [1.29, 1.82) is 5.26 Å². The van der Waals surface area contributed by atoms with E-state index >= 15 is 0 Å². The number of hydrogen-bond donors (Lipinski definition) is 3. The lowest BCUT2D eigenvalue weighted by Gasteiger charge is -2.12. The van der Waals surface area contributed by atoms with Crippen LogP contribution in [0, 0.1) is 17.1 Å². The molecule has 2 rings (SSSR count). The average molecular weight is 273 g/mol. The summed E-state index contributed by atoms with van der Waals surface area (Å²) in [7, 11) is 0. The normalized spacial score (nSPS) is 11.4. The van der Waals surface area contributed by atoms with Gasteiger partial charge in [0.05, 0.1) is 29.8 Å². The van der Waals surface area contributed by atoms with Crippen molar-refractivity contribution < 1.29 is 4.39 Å². The number of nitrogen functional groups attached to an aromatic ring is 1. The second-order valence-corrected chi connectivity index (χ2v) is 4.00. The van der Waals surface area contributed by atoms with Crippen LogP contribution < -0.4 is 16.4 Å². The largest absolute Gasteiger partial charge is 0.396 e. The van der Waals surface area contributed by atoms with Gasteiger partial charge in [0.1, 0.15) is 18.2 Å². The van der Waals surface area contributed by atoms with E-state index in [9.17, 15) is 4.39 Å². The molecule has 0 aliphatic carbocycles. The average Bonchev–Trinajstić information content (AvgIpc) is 2.45. The quantitative estimate of drug-likeness (QED) is 0.776. The van der Waals surface area contributed by atoms with Gasteiger partial charge >= 0.3 is 0 Å². The predicted molar refractivity (Wildman–Crippen MR) is 72.6 cm³/mol. The molecule has 2 aromatic heterocycles. The highest BCUT2D eigenvalue weighted by molar-refractivity contribution is 5.71. The molecule has 0 aromatic carbocycles. The summed E-state index contributed by atoms with van der Waals surface area (Å²) in [5.41, 5.74) is 6.68. The number of pyridine rings is 1. The molecule has 2 aromatic rings. The number of rotatable bonds is 4. The van der Waals surface area contributed by atoms with Crippen LogP contribution in [0.2, 0.25) is 0 Å². The standard InChI is InChI=1S/C12H12FN7/c1-7(3-14)19-10-2-11(17-5-9(10)15)20-12-8(13)4-16-6-18-12/h2,4-7H,15H2,1H3,(H2,16,17,18,19,20)/t7-/m1/s1. The molecule has 0 radical (unpaired) electrons. The number of nitrogens with two attached hydrogens (primary N) is 1. The minimum atomic E-state index is -0.592. The fourth-order valence-electron chi connectivity index (χ4n) is 1.45. The van der Waals surface area contributed by atoms with Gasteiger partial charge in [0.2, 0.25) is 0 Å². The Morgan fingerprint density at radius 1 is 1.40 bits per heavy atom. The Kier molecular flexibility index (Phi) is 3.91. The molecular formula is C12H12FN7. The summed E-state index contributed by atoms with van der Waals surface area (Å²) in [5.74, 6) is -0.230. The molecule has 0 saturated heterocycles. The third-order valence-corrected chi connectivity index (χ3v) is 2.41. The molecule has 8 heteroatoms. The van der Waals surface area contributed by atoms with Gasteiger partial charge in [-0.2, -0.15) is 5.26 Å². The summed E-state index contributed by atoms with van der Waals surface area (Å²) in [5, 5.41) is 14.4. The van der Waals surface area contributed by atoms with E-state index in [4.69, 9.17) is 11.0 Å². The van der Waals surface area contributed by atoms with Crippen molar-refractivity contribution in [1.82, 2.24) is 15.0 Å². The Hall–Kier alpha value is -2.95. The number of halogens is 1. The van der Waals surface area contributed by atoms with Crippen molar-refractivity contribution in [2.75, 3.05) is 16.4 Å². The molecule has 0 bridgehead atoms. The Bertz CT molecular complexity index is 652. The van der Waals surface area contributed by atoms with Crippen molar-refractivity contribution in [3.63, 3.8) is 0 Å². The molecule has 0 spiro atoms. The first-order valence-corrected chi connectivity index (χ1v) is 5.74. The lowest BCUT2D eigenvalue weighted by atomic mass is 10.3. The molecule has 1 atom stereocenters. The monoisotopic (exact) mass is 273 g/mol. The first kappa shape index (κ1) is 13.5. The molecule has 2 heterocycles. The van der Waals surface area contributed by atoms with Crippen LogP contribution in [-0.2, 0) is 0 Å². The van der Waals surface area contributed by atoms with E-state index in [1.165, 1.54) is 12.5 Å². The smallest absolute Gasteiger partial charge is 0.184 e. The van der Waals surface area contributed by atoms with Gasteiger partial charge < -0.3 is 16.4 Å². The van der Waals surface area contributed by atoms with Crippen molar-refractivity contribution in [3.8, 4) is 6.07 Å². The Labute approximate surface area is 114 Å². The van der Waals surface area contributed by atoms with Gasteiger partial charge in [-0.05, 0) is 6.92 Å². The second-order valence-electron chi connectivity index (χ2n) is 4.00. The number of aromatic nitrogens is 3. The van der Waals surface area contributed by atoms with Crippen LogP contribution in [0.3, 0.4) is 0 Å². The van der Waals surface area contributed by atoms with Crippen LogP contribution in [0.5, 0.6) is 0 Å². The Morgan fingerprint density at radius 3 is 2.90 bits per heavy atom. The van der Waals surface area contributed by atoms with Crippen LogP contribution in [0.1, 0.15) is 6.92 Å². The van der Waals surface area contributed by atoms with E-state index in [-0.39, 0.29) is 5.82 Å². The summed E-state index contributed by atoms with van der Waals surface area (Å²) in [6, 6.07) is 3.19. The Balaban J connectivity index is 2.24. The van der Waals surface area contributed by atoms with Gasteiger partial charge in [0.15, 0.2) is 11.6 Å². The summed E-state index contributed by atoms with van der Waals surface area (Å²) < 4.78 is 13.4. The topological polar surface area (TPSA) is 113 Å².